The van der Waals surface area contributed by atoms with Gasteiger partial charge in [-0.05, 0) is 43.7 Å². The number of rotatable bonds is 5. The summed E-state index contributed by atoms with van der Waals surface area (Å²) in [5.41, 5.74) is 0.845. The number of carbonyl (C=O) groups excluding carboxylic acids is 1. The van der Waals surface area contributed by atoms with Gasteiger partial charge in [-0.25, -0.2) is 0 Å². The van der Waals surface area contributed by atoms with E-state index in [1.54, 1.807) is 18.9 Å². The Bertz CT molecular complexity index is 528. The Hall–Kier alpha value is -1.20. The standard InChI is InChI=1S/C16H22N2O2S/c1-11(10-21-3)18-14(17-16(8-9-16)15(18)19)12-4-6-13(20-2)7-5-12/h4-7,11,14,17H,8-10H2,1-3H3. The van der Waals surface area contributed by atoms with Crippen molar-refractivity contribution < 1.29 is 9.53 Å². The van der Waals surface area contributed by atoms with E-state index in [0.717, 1.165) is 29.9 Å². The molecule has 0 aromatic heterocycles. The third-order valence-corrected chi connectivity index (χ3v) is 5.22. The molecule has 1 aliphatic carbocycles. The highest BCUT2D eigenvalue weighted by Crippen LogP contribution is 2.46. The maximum atomic E-state index is 12.7. The topological polar surface area (TPSA) is 41.6 Å². The zero-order valence-corrected chi connectivity index (χ0v) is 13.6. The summed E-state index contributed by atoms with van der Waals surface area (Å²) in [4.78, 5) is 14.8. The van der Waals surface area contributed by atoms with Gasteiger partial charge in [0.25, 0.3) is 0 Å². The zero-order valence-electron chi connectivity index (χ0n) is 12.8. The highest BCUT2D eigenvalue weighted by molar-refractivity contribution is 7.98. The van der Waals surface area contributed by atoms with E-state index in [9.17, 15) is 4.79 Å². The van der Waals surface area contributed by atoms with Gasteiger partial charge in [-0.15, -0.1) is 0 Å². The molecule has 2 atom stereocenters. The minimum absolute atomic E-state index is 0.0203. The number of thioether (sulfide) groups is 1. The van der Waals surface area contributed by atoms with Crippen LogP contribution >= 0.6 is 11.8 Å². The first kappa shape index (κ1) is 14.7. The summed E-state index contributed by atoms with van der Waals surface area (Å²) < 4.78 is 5.21. The molecular weight excluding hydrogens is 284 g/mol. The number of hydrogen-bond donors (Lipinski definition) is 1. The minimum Gasteiger partial charge on any atom is -0.497 e. The zero-order chi connectivity index (χ0) is 15.0. The SMILES string of the molecule is COc1ccc(C2NC3(CC3)C(=O)N2C(C)CSC)cc1. The van der Waals surface area contributed by atoms with Crippen molar-refractivity contribution in [1.29, 1.82) is 0 Å². The summed E-state index contributed by atoms with van der Waals surface area (Å²) in [6.07, 6.45) is 3.98. The van der Waals surface area contributed by atoms with E-state index in [-0.39, 0.29) is 23.7 Å². The number of amides is 1. The third kappa shape index (κ3) is 2.53. The summed E-state index contributed by atoms with van der Waals surface area (Å²) in [6, 6.07) is 8.23. The van der Waals surface area contributed by atoms with Crippen molar-refractivity contribution in [3.8, 4) is 5.75 Å². The van der Waals surface area contributed by atoms with E-state index in [2.05, 4.69) is 18.5 Å². The van der Waals surface area contributed by atoms with Gasteiger partial charge in [0.15, 0.2) is 0 Å². The lowest BCUT2D eigenvalue weighted by atomic mass is 10.1. The second kappa shape index (κ2) is 5.54. The molecule has 1 saturated carbocycles. The molecular formula is C16H22N2O2S. The lowest BCUT2D eigenvalue weighted by Gasteiger charge is -2.30. The van der Waals surface area contributed by atoms with Gasteiger partial charge in [0.1, 0.15) is 17.5 Å². The molecule has 0 bridgehead atoms. The van der Waals surface area contributed by atoms with Crippen LogP contribution in [0.2, 0.25) is 0 Å². The number of ether oxygens (including phenoxy) is 1. The summed E-state index contributed by atoms with van der Waals surface area (Å²) in [5.74, 6) is 2.06. The largest absolute Gasteiger partial charge is 0.497 e. The van der Waals surface area contributed by atoms with Gasteiger partial charge >= 0.3 is 0 Å². The van der Waals surface area contributed by atoms with Crippen molar-refractivity contribution in [2.24, 2.45) is 0 Å². The number of nitrogens with one attached hydrogen (secondary N) is 1. The molecule has 1 saturated heterocycles. The molecule has 1 aromatic rings. The van der Waals surface area contributed by atoms with Crippen LogP contribution in [0.5, 0.6) is 5.75 Å². The Kier molecular flexibility index (Phi) is 3.88. The van der Waals surface area contributed by atoms with E-state index >= 15 is 0 Å². The Balaban J connectivity index is 1.88. The molecule has 21 heavy (non-hydrogen) atoms. The first-order chi connectivity index (χ1) is 10.1. The van der Waals surface area contributed by atoms with Crippen molar-refractivity contribution in [3.05, 3.63) is 29.8 Å². The fraction of sp³-hybridized carbons (Fsp3) is 0.562. The summed E-state index contributed by atoms with van der Waals surface area (Å²) in [7, 11) is 1.67. The number of hydrogen-bond acceptors (Lipinski definition) is 4. The monoisotopic (exact) mass is 306 g/mol. The predicted octanol–water partition coefficient (Wildman–Crippen LogP) is 2.41. The van der Waals surface area contributed by atoms with Crippen molar-refractivity contribution in [3.63, 3.8) is 0 Å². The Morgan fingerprint density at radius 3 is 2.62 bits per heavy atom. The van der Waals surface area contributed by atoms with Crippen LogP contribution < -0.4 is 10.1 Å². The summed E-state index contributed by atoms with van der Waals surface area (Å²) in [6.45, 7) is 2.13. The summed E-state index contributed by atoms with van der Waals surface area (Å²) in [5, 5.41) is 3.56. The van der Waals surface area contributed by atoms with Crippen LogP contribution in [0.25, 0.3) is 0 Å². The number of methoxy groups -OCH3 is 1. The van der Waals surface area contributed by atoms with Crippen molar-refractivity contribution >= 4 is 17.7 Å². The van der Waals surface area contributed by atoms with E-state index in [4.69, 9.17) is 4.74 Å². The molecule has 1 amide bonds. The molecule has 2 aliphatic rings. The minimum atomic E-state index is -0.280. The Labute approximate surface area is 130 Å². The second-order valence-electron chi connectivity index (χ2n) is 5.92. The Morgan fingerprint density at radius 2 is 2.10 bits per heavy atom. The quantitative estimate of drug-likeness (QED) is 0.907. The first-order valence-electron chi connectivity index (χ1n) is 7.34. The van der Waals surface area contributed by atoms with Gasteiger partial charge < -0.3 is 9.64 Å². The van der Waals surface area contributed by atoms with Crippen LogP contribution in [-0.4, -0.2) is 41.5 Å². The van der Waals surface area contributed by atoms with Crippen molar-refractivity contribution in [2.75, 3.05) is 19.1 Å². The molecule has 2 fully saturated rings. The van der Waals surface area contributed by atoms with Gasteiger partial charge in [-0.2, -0.15) is 11.8 Å². The van der Waals surface area contributed by atoms with Crippen LogP contribution in [0.15, 0.2) is 24.3 Å². The maximum absolute atomic E-state index is 12.7. The molecule has 1 N–H and O–H groups in total. The van der Waals surface area contributed by atoms with E-state index < -0.39 is 0 Å². The molecule has 114 valence electrons. The molecule has 4 nitrogen and oxygen atoms in total. The molecule has 1 aliphatic heterocycles. The number of carbonyl (C=O) groups is 1. The van der Waals surface area contributed by atoms with Crippen LogP contribution in [0, 0.1) is 0 Å². The number of benzene rings is 1. The molecule has 5 heteroatoms. The molecule has 3 rings (SSSR count). The normalized spacial score (nSPS) is 24.4. The molecule has 0 radical (unpaired) electrons. The average molecular weight is 306 g/mol. The fourth-order valence-corrected chi connectivity index (χ4v) is 3.69. The van der Waals surface area contributed by atoms with Gasteiger partial charge in [0.05, 0.1) is 7.11 Å². The van der Waals surface area contributed by atoms with E-state index in [0.29, 0.717) is 0 Å². The molecule has 2 unspecified atom stereocenters. The van der Waals surface area contributed by atoms with Crippen LogP contribution in [-0.2, 0) is 4.79 Å². The molecule has 1 spiro atoms. The number of nitrogens with zero attached hydrogens (tertiary/aromatic N) is 1. The van der Waals surface area contributed by atoms with Crippen molar-refractivity contribution in [2.45, 2.75) is 37.5 Å². The smallest absolute Gasteiger partial charge is 0.244 e. The van der Waals surface area contributed by atoms with Gasteiger partial charge in [-0.1, -0.05) is 12.1 Å². The molecule has 1 heterocycles. The van der Waals surface area contributed by atoms with Crippen LogP contribution in [0.3, 0.4) is 0 Å². The maximum Gasteiger partial charge on any atom is 0.244 e. The lowest BCUT2D eigenvalue weighted by Crippen LogP contribution is -2.40. The fourth-order valence-electron chi connectivity index (χ4n) is 3.05. The van der Waals surface area contributed by atoms with Crippen molar-refractivity contribution in [1.82, 2.24) is 10.2 Å². The lowest BCUT2D eigenvalue weighted by molar-refractivity contribution is -0.132. The first-order valence-corrected chi connectivity index (χ1v) is 8.74. The van der Waals surface area contributed by atoms with Crippen LogP contribution in [0.4, 0.5) is 0 Å². The third-order valence-electron chi connectivity index (χ3n) is 4.40. The van der Waals surface area contributed by atoms with Gasteiger partial charge in [-0.3, -0.25) is 10.1 Å². The molecule has 1 aromatic carbocycles. The van der Waals surface area contributed by atoms with E-state index in [1.165, 1.54) is 0 Å². The Morgan fingerprint density at radius 1 is 1.43 bits per heavy atom. The van der Waals surface area contributed by atoms with E-state index in [1.807, 2.05) is 29.2 Å². The van der Waals surface area contributed by atoms with Gasteiger partial charge in [0.2, 0.25) is 5.91 Å². The highest BCUT2D eigenvalue weighted by atomic mass is 32.2. The summed E-state index contributed by atoms with van der Waals surface area (Å²) >= 11 is 1.78. The highest BCUT2D eigenvalue weighted by Gasteiger charge is 2.60. The average Bonchev–Trinajstić information content (AvgIpc) is 3.21. The van der Waals surface area contributed by atoms with Gasteiger partial charge in [0, 0.05) is 11.8 Å². The second-order valence-corrected chi connectivity index (χ2v) is 6.83. The predicted molar refractivity (Wildman–Crippen MR) is 85.5 cm³/mol. The van der Waals surface area contributed by atoms with Crippen LogP contribution in [0.1, 0.15) is 31.5 Å².